The number of hydrogen-bond acceptors (Lipinski definition) is 4. The van der Waals surface area contributed by atoms with Crippen LogP contribution in [0.25, 0.3) is 0 Å². The molecule has 5 nitrogen and oxygen atoms in total. The Morgan fingerprint density at radius 2 is 2.15 bits per heavy atom. The van der Waals surface area contributed by atoms with E-state index in [-0.39, 0.29) is 18.3 Å². The molecule has 2 aliphatic rings. The first-order chi connectivity index (χ1) is 9.24. The lowest BCUT2D eigenvalue weighted by atomic mass is 10.0. The Hall–Kier alpha value is -1.36. The smallest absolute Gasteiger partial charge is 0.228 e. The van der Waals surface area contributed by atoms with Gasteiger partial charge in [-0.25, -0.2) is 4.98 Å². The summed E-state index contributed by atoms with van der Waals surface area (Å²) < 4.78 is 0. The summed E-state index contributed by atoms with van der Waals surface area (Å²) in [6.07, 6.45) is 5.81. The monoisotopic (exact) mass is 296 g/mol. The molecule has 1 unspecified atom stereocenters. The number of nitrogens with zero attached hydrogens (tertiary/aromatic N) is 4. The predicted molar refractivity (Wildman–Crippen MR) is 81.5 cm³/mol. The van der Waals surface area contributed by atoms with E-state index in [0.717, 1.165) is 37.8 Å². The van der Waals surface area contributed by atoms with Gasteiger partial charge in [-0.05, 0) is 31.2 Å². The van der Waals surface area contributed by atoms with Gasteiger partial charge >= 0.3 is 0 Å². The minimum Gasteiger partial charge on any atom is -0.341 e. The van der Waals surface area contributed by atoms with E-state index in [1.165, 1.54) is 12.8 Å². The van der Waals surface area contributed by atoms with Gasteiger partial charge in [0.1, 0.15) is 5.82 Å². The Morgan fingerprint density at radius 1 is 1.30 bits per heavy atom. The van der Waals surface area contributed by atoms with Crippen molar-refractivity contribution in [2.75, 3.05) is 29.4 Å². The fourth-order valence-corrected chi connectivity index (χ4v) is 2.90. The molecule has 2 aliphatic heterocycles. The lowest BCUT2D eigenvalue weighted by Gasteiger charge is -2.31. The average Bonchev–Trinajstić information content (AvgIpc) is 2.85. The topological polar surface area (TPSA) is 49.3 Å². The summed E-state index contributed by atoms with van der Waals surface area (Å²) in [5.74, 6) is 2.39. The van der Waals surface area contributed by atoms with Gasteiger partial charge in [0.2, 0.25) is 11.9 Å². The summed E-state index contributed by atoms with van der Waals surface area (Å²) in [6, 6.07) is 1.83. The van der Waals surface area contributed by atoms with Crippen LogP contribution in [0.15, 0.2) is 12.3 Å². The number of carbonyl (C=O) groups excluding carboxylic acids is 1. The van der Waals surface area contributed by atoms with Gasteiger partial charge in [0.25, 0.3) is 0 Å². The molecule has 3 heterocycles. The van der Waals surface area contributed by atoms with Crippen LogP contribution in [0.4, 0.5) is 11.8 Å². The molecule has 1 aromatic heterocycles. The summed E-state index contributed by atoms with van der Waals surface area (Å²) in [7, 11) is 0. The van der Waals surface area contributed by atoms with Crippen LogP contribution in [-0.2, 0) is 4.79 Å². The molecular formula is C14H21ClN4O. The minimum absolute atomic E-state index is 0. The van der Waals surface area contributed by atoms with Crippen LogP contribution in [-0.4, -0.2) is 35.5 Å². The van der Waals surface area contributed by atoms with Gasteiger partial charge in [-0.1, -0.05) is 6.92 Å². The maximum atomic E-state index is 11.8. The molecule has 1 aromatic rings. The molecule has 0 N–H and O–H groups in total. The predicted octanol–water partition coefficient (Wildman–Crippen LogP) is 2.26. The van der Waals surface area contributed by atoms with Crippen LogP contribution >= 0.6 is 12.4 Å². The molecule has 0 bridgehead atoms. The largest absolute Gasteiger partial charge is 0.341 e. The number of anilines is 2. The van der Waals surface area contributed by atoms with Crippen molar-refractivity contribution in [1.82, 2.24) is 9.97 Å². The summed E-state index contributed by atoms with van der Waals surface area (Å²) in [5.41, 5.74) is 0. The maximum Gasteiger partial charge on any atom is 0.228 e. The lowest BCUT2D eigenvalue weighted by molar-refractivity contribution is -0.117. The van der Waals surface area contributed by atoms with Crippen molar-refractivity contribution in [2.45, 2.75) is 32.6 Å². The van der Waals surface area contributed by atoms with Gasteiger partial charge in [0.05, 0.1) is 0 Å². The van der Waals surface area contributed by atoms with Crippen LogP contribution in [0.2, 0.25) is 0 Å². The first-order valence-corrected chi connectivity index (χ1v) is 7.12. The molecule has 2 fully saturated rings. The number of halogens is 1. The number of rotatable bonds is 2. The van der Waals surface area contributed by atoms with E-state index in [2.05, 4.69) is 21.8 Å². The molecule has 2 saturated heterocycles. The van der Waals surface area contributed by atoms with Crippen molar-refractivity contribution >= 4 is 30.1 Å². The Bertz CT molecular complexity index is 482. The number of hydrogen-bond donors (Lipinski definition) is 0. The van der Waals surface area contributed by atoms with Crippen molar-refractivity contribution in [3.8, 4) is 0 Å². The second-order valence-electron chi connectivity index (χ2n) is 5.56. The van der Waals surface area contributed by atoms with Crippen LogP contribution in [0, 0.1) is 5.92 Å². The fraction of sp³-hybridized carbons (Fsp3) is 0.643. The standard InChI is InChI=1S/C14H20N4O.ClH/c1-11-4-2-8-17(10-11)14-15-7-6-12(16-14)18-9-3-5-13(18)19;/h6-7,11H,2-5,8-10H2,1H3;1H. The van der Waals surface area contributed by atoms with Crippen molar-refractivity contribution in [2.24, 2.45) is 5.92 Å². The summed E-state index contributed by atoms with van der Waals surface area (Å²) in [6.45, 7) is 5.07. The maximum absolute atomic E-state index is 11.8. The molecule has 6 heteroatoms. The quantitative estimate of drug-likeness (QED) is 0.840. The fourth-order valence-electron chi connectivity index (χ4n) is 2.90. The molecule has 0 radical (unpaired) electrons. The molecule has 1 atom stereocenters. The SMILES string of the molecule is CC1CCCN(c2nccc(N3CCCC3=O)n2)C1.Cl. The van der Waals surface area contributed by atoms with Crippen LogP contribution in [0.1, 0.15) is 32.6 Å². The Labute approximate surface area is 125 Å². The zero-order valence-corrected chi connectivity index (χ0v) is 12.6. The Morgan fingerprint density at radius 3 is 2.85 bits per heavy atom. The van der Waals surface area contributed by atoms with Crippen LogP contribution < -0.4 is 9.80 Å². The van der Waals surface area contributed by atoms with Gasteiger partial charge in [-0.15, -0.1) is 12.4 Å². The molecule has 0 aromatic carbocycles. The number of amides is 1. The van der Waals surface area contributed by atoms with E-state index in [1.54, 1.807) is 11.1 Å². The molecule has 1 amide bonds. The average molecular weight is 297 g/mol. The highest BCUT2D eigenvalue weighted by Gasteiger charge is 2.24. The zero-order chi connectivity index (χ0) is 13.2. The first kappa shape index (κ1) is 15.0. The van der Waals surface area contributed by atoms with E-state index in [1.807, 2.05) is 6.07 Å². The van der Waals surface area contributed by atoms with E-state index in [0.29, 0.717) is 12.3 Å². The Balaban J connectivity index is 0.00000147. The number of aromatic nitrogens is 2. The van der Waals surface area contributed by atoms with Crippen LogP contribution in [0.3, 0.4) is 0 Å². The normalized spacial score (nSPS) is 22.9. The van der Waals surface area contributed by atoms with Gasteiger partial charge < -0.3 is 4.90 Å². The van der Waals surface area contributed by atoms with Crippen molar-refractivity contribution in [3.05, 3.63) is 12.3 Å². The molecule has 0 spiro atoms. The molecule has 0 saturated carbocycles. The lowest BCUT2D eigenvalue weighted by Crippen LogP contribution is -2.36. The van der Waals surface area contributed by atoms with Gasteiger partial charge in [0.15, 0.2) is 0 Å². The third-order valence-corrected chi connectivity index (χ3v) is 3.92. The number of piperidine rings is 1. The van der Waals surface area contributed by atoms with E-state index in [4.69, 9.17) is 0 Å². The van der Waals surface area contributed by atoms with E-state index >= 15 is 0 Å². The molecule has 3 rings (SSSR count). The van der Waals surface area contributed by atoms with E-state index in [9.17, 15) is 4.79 Å². The van der Waals surface area contributed by atoms with Gasteiger partial charge in [0, 0.05) is 32.3 Å². The summed E-state index contributed by atoms with van der Waals surface area (Å²) in [5, 5.41) is 0. The second kappa shape index (κ2) is 6.39. The third kappa shape index (κ3) is 3.03. The van der Waals surface area contributed by atoms with Crippen LogP contribution in [0.5, 0.6) is 0 Å². The summed E-state index contributed by atoms with van der Waals surface area (Å²) in [4.78, 5) is 24.7. The molecule has 110 valence electrons. The zero-order valence-electron chi connectivity index (χ0n) is 11.8. The highest BCUT2D eigenvalue weighted by molar-refractivity contribution is 5.94. The Kier molecular flexibility index (Phi) is 4.81. The minimum atomic E-state index is 0. The molecule has 20 heavy (non-hydrogen) atoms. The second-order valence-corrected chi connectivity index (χ2v) is 5.56. The third-order valence-electron chi connectivity index (χ3n) is 3.92. The molecular weight excluding hydrogens is 276 g/mol. The van der Waals surface area contributed by atoms with Gasteiger partial charge in [-0.2, -0.15) is 4.98 Å². The van der Waals surface area contributed by atoms with Crippen molar-refractivity contribution in [3.63, 3.8) is 0 Å². The summed E-state index contributed by atoms with van der Waals surface area (Å²) >= 11 is 0. The van der Waals surface area contributed by atoms with Crippen molar-refractivity contribution in [1.29, 1.82) is 0 Å². The number of carbonyl (C=O) groups is 1. The highest BCUT2D eigenvalue weighted by atomic mass is 35.5. The molecule has 0 aliphatic carbocycles. The van der Waals surface area contributed by atoms with Gasteiger partial charge in [-0.3, -0.25) is 9.69 Å². The first-order valence-electron chi connectivity index (χ1n) is 7.12. The highest BCUT2D eigenvalue weighted by Crippen LogP contribution is 2.23. The van der Waals surface area contributed by atoms with Crippen molar-refractivity contribution < 1.29 is 4.79 Å². The van der Waals surface area contributed by atoms with E-state index < -0.39 is 0 Å².